The number of piperidine rings is 1. The highest BCUT2D eigenvalue weighted by Crippen LogP contribution is 2.40. The first-order valence-corrected chi connectivity index (χ1v) is 9.19. The number of hydrogen-bond donors (Lipinski definition) is 1. The molecule has 2 heterocycles. The van der Waals surface area contributed by atoms with Crippen LogP contribution in [0.5, 0.6) is 17.2 Å². The number of likely N-dealkylation sites (tertiary alicyclic amines) is 1. The summed E-state index contributed by atoms with van der Waals surface area (Å²) in [5, 5.41) is 3.09. The molecule has 1 aromatic carbocycles. The summed E-state index contributed by atoms with van der Waals surface area (Å²) < 4.78 is 16.1. The molecule has 3 rings (SSSR count). The van der Waals surface area contributed by atoms with E-state index < -0.39 is 0 Å². The minimum atomic E-state index is -0.125. The lowest BCUT2D eigenvalue weighted by atomic mass is 10.0. The molecule has 1 atom stereocenters. The highest BCUT2D eigenvalue weighted by atomic mass is 16.5. The van der Waals surface area contributed by atoms with Gasteiger partial charge < -0.3 is 29.3 Å². The first-order valence-electron chi connectivity index (χ1n) is 9.19. The molecule has 0 aliphatic carbocycles. The molecule has 2 saturated heterocycles. The second kappa shape index (κ2) is 8.47. The van der Waals surface area contributed by atoms with E-state index in [0.29, 0.717) is 49.0 Å². The minimum absolute atomic E-state index is 0.0587. The number of methoxy groups -OCH3 is 3. The molecule has 2 aliphatic rings. The molecule has 0 radical (unpaired) electrons. The van der Waals surface area contributed by atoms with Crippen LogP contribution in [0, 0.1) is 0 Å². The van der Waals surface area contributed by atoms with Crippen LogP contribution in [-0.4, -0.2) is 81.7 Å². The molecule has 0 aromatic heterocycles. The topological polar surface area (TPSA) is 80.3 Å². The number of ether oxygens (including phenoxy) is 3. The van der Waals surface area contributed by atoms with Crippen LogP contribution in [0.2, 0.25) is 0 Å². The van der Waals surface area contributed by atoms with Crippen molar-refractivity contribution in [1.29, 1.82) is 0 Å². The van der Waals surface area contributed by atoms with Gasteiger partial charge in [-0.25, -0.2) is 0 Å². The van der Waals surface area contributed by atoms with Crippen molar-refractivity contribution in [2.75, 3.05) is 54.1 Å². The second-order valence-electron chi connectivity index (χ2n) is 6.69. The van der Waals surface area contributed by atoms with Crippen molar-refractivity contribution in [3.63, 3.8) is 0 Å². The Balaban J connectivity index is 1.82. The Morgan fingerprint density at radius 3 is 2.56 bits per heavy atom. The fourth-order valence-corrected chi connectivity index (χ4v) is 3.84. The van der Waals surface area contributed by atoms with Gasteiger partial charge in [0.15, 0.2) is 11.5 Å². The van der Waals surface area contributed by atoms with Crippen molar-refractivity contribution in [2.45, 2.75) is 18.9 Å². The summed E-state index contributed by atoms with van der Waals surface area (Å²) in [6.45, 7) is 3.04. The minimum Gasteiger partial charge on any atom is -0.493 e. The second-order valence-corrected chi connectivity index (χ2v) is 6.69. The lowest BCUT2D eigenvalue weighted by Gasteiger charge is -2.41. The van der Waals surface area contributed by atoms with Crippen molar-refractivity contribution in [1.82, 2.24) is 15.1 Å². The Labute approximate surface area is 159 Å². The fraction of sp³-hybridized carbons (Fsp3) is 0.579. The predicted octanol–water partition coefficient (Wildman–Crippen LogP) is 0.749. The number of carbonyl (C=O) groups excluding carboxylic acids is 2. The molecule has 148 valence electrons. The third-order valence-corrected chi connectivity index (χ3v) is 5.19. The maximum Gasteiger partial charge on any atom is 0.257 e. The van der Waals surface area contributed by atoms with E-state index in [4.69, 9.17) is 14.2 Å². The van der Waals surface area contributed by atoms with Crippen molar-refractivity contribution in [3.8, 4) is 17.2 Å². The number of rotatable bonds is 5. The largest absolute Gasteiger partial charge is 0.493 e. The van der Waals surface area contributed by atoms with Gasteiger partial charge in [0.25, 0.3) is 5.91 Å². The third-order valence-electron chi connectivity index (χ3n) is 5.19. The average molecular weight is 377 g/mol. The highest BCUT2D eigenvalue weighted by Gasteiger charge is 2.33. The monoisotopic (exact) mass is 377 g/mol. The first kappa shape index (κ1) is 19.3. The standard InChI is InChI=1S/C19H27N3O5/c1-25-15-7-6-14(17(26-2)18(15)27-3)19(24)21-9-4-5-13(12-21)22-10-8-20-11-16(22)23/h6-7,13,20H,4-5,8-12H2,1-3H3. The van der Waals surface area contributed by atoms with Gasteiger partial charge in [0.05, 0.1) is 33.4 Å². The molecular formula is C19H27N3O5. The van der Waals surface area contributed by atoms with Crippen LogP contribution >= 0.6 is 0 Å². The normalized spacial score (nSPS) is 20.4. The Bertz CT molecular complexity index is 709. The molecule has 27 heavy (non-hydrogen) atoms. The molecule has 0 spiro atoms. The van der Waals surface area contributed by atoms with Gasteiger partial charge in [0, 0.05) is 32.2 Å². The van der Waals surface area contributed by atoms with Gasteiger partial charge in [-0.15, -0.1) is 0 Å². The zero-order valence-electron chi connectivity index (χ0n) is 16.1. The van der Waals surface area contributed by atoms with Crippen LogP contribution in [0.1, 0.15) is 23.2 Å². The lowest BCUT2D eigenvalue weighted by molar-refractivity contribution is -0.135. The van der Waals surface area contributed by atoms with Gasteiger partial charge in [-0.1, -0.05) is 0 Å². The molecule has 2 aliphatic heterocycles. The van der Waals surface area contributed by atoms with Gasteiger partial charge in [-0.3, -0.25) is 9.59 Å². The van der Waals surface area contributed by atoms with E-state index in [1.54, 1.807) is 24.1 Å². The summed E-state index contributed by atoms with van der Waals surface area (Å²) in [6, 6.07) is 3.46. The van der Waals surface area contributed by atoms with E-state index >= 15 is 0 Å². The van der Waals surface area contributed by atoms with Crippen molar-refractivity contribution >= 4 is 11.8 Å². The lowest BCUT2D eigenvalue weighted by Crippen LogP contribution is -2.57. The molecule has 2 amide bonds. The zero-order valence-corrected chi connectivity index (χ0v) is 16.1. The third kappa shape index (κ3) is 3.80. The molecule has 0 bridgehead atoms. The summed E-state index contributed by atoms with van der Waals surface area (Å²) >= 11 is 0. The number of amides is 2. The van der Waals surface area contributed by atoms with Crippen LogP contribution < -0.4 is 19.5 Å². The smallest absolute Gasteiger partial charge is 0.257 e. The van der Waals surface area contributed by atoms with Crippen LogP contribution in [0.3, 0.4) is 0 Å². The molecule has 2 fully saturated rings. The number of nitrogens with one attached hydrogen (secondary N) is 1. The van der Waals surface area contributed by atoms with E-state index in [0.717, 1.165) is 19.4 Å². The number of carbonyl (C=O) groups is 2. The Kier molecular flexibility index (Phi) is 6.05. The van der Waals surface area contributed by atoms with E-state index in [9.17, 15) is 9.59 Å². The summed E-state index contributed by atoms with van der Waals surface area (Å²) in [6.07, 6.45) is 1.78. The quantitative estimate of drug-likeness (QED) is 0.816. The van der Waals surface area contributed by atoms with Gasteiger partial charge in [0.1, 0.15) is 0 Å². The van der Waals surface area contributed by atoms with Gasteiger partial charge >= 0.3 is 0 Å². The Hall–Kier alpha value is -2.48. The fourth-order valence-electron chi connectivity index (χ4n) is 3.84. The van der Waals surface area contributed by atoms with E-state index in [2.05, 4.69) is 5.32 Å². The summed E-state index contributed by atoms with van der Waals surface area (Å²) in [5.41, 5.74) is 0.433. The number of hydrogen-bond acceptors (Lipinski definition) is 6. The highest BCUT2D eigenvalue weighted by molar-refractivity contribution is 5.98. The van der Waals surface area contributed by atoms with Crippen LogP contribution in [0.25, 0.3) is 0 Å². The van der Waals surface area contributed by atoms with Crippen LogP contribution in [-0.2, 0) is 4.79 Å². The van der Waals surface area contributed by atoms with Gasteiger partial charge in [-0.2, -0.15) is 0 Å². The molecule has 1 N–H and O–H groups in total. The molecule has 8 heteroatoms. The Morgan fingerprint density at radius 1 is 1.11 bits per heavy atom. The van der Waals surface area contributed by atoms with Crippen molar-refractivity contribution in [2.24, 2.45) is 0 Å². The summed E-state index contributed by atoms with van der Waals surface area (Å²) in [5.74, 6) is 1.25. The average Bonchev–Trinajstić information content (AvgIpc) is 2.72. The van der Waals surface area contributed by atoms with Crippen molar-refractivity contribution < 1.29 is 23.8 Å². The van der Waals surface area contributed by atoms with Crippen LogP contribution in [0.4, 0.5) is 0 Å². The maximum absolute atomic E-state index is 13.2. The SMILES string of the molecule is COc1ccc(C(=O)N2CCCC(N3CCNCC3=O)C2)c(OC)c1OC. The number of benzene rings is 1. The van der Waals surface area contributed by atoms with Gasteiger partial charge in [0.2, 0.25) is 11.7 Å². The summed E-state index contributed by atoms with van der Waals surface area (Å²) in [7, 11) is 4.56. The first-order chi connectivity index (χ1) is 13.1. The molecular weight excluding hydrogens is 350 g/mol. The predicted molar refractivity (Wildman–Crippen MR) is 99.6 cm³/mol. The van der Waals surface area contributed by atoms with E-state index in [1.807, 2.05) is 4.90 Å². The van der Waals surface area contributed by atoms with Crippen molar-refractivity contribution in [3.05, 3.63) is 17.7 Å². The summed E-state index contributed by atoms with van der Waals surface area (Å²) in [4.78, 5) is 29.1. The molecule has 0 saturated carbocycles. The molecule has 1 unspecified atom stereocenters. The zero-order chi connectivity index (χ0) is 19.4. The number of piperazine rings is 1. The number of nitrogens with zero attached hydrogens (tertiary/aromatic N) is 2. The molecule has 1 aromatic rings. The Morgan fingerprint density at radius 2 is 1.89 bits per heavy atom. The maximum atomic E-state index is 13.2. The van der Waals surface area contributed by atoms with Gasteiger partial charge in [-0.05, 0) is 25.0 Å². The van der Waals surface area contributed by atoms with E-state index in [-0.39, 0.29) is 17.9 Å². The van der Waals surface area contributed by atoms with E-state index in [1.165, 1.54) is 14.2 Å². The van der Waals surface area contributed by atoms with Crippen LogP contribution in [0.15, 0.2) is 12.1 Å². The molecule has 8 nitrogen and oxygen atoms in total.